The number of fused-ring (bicyclic) bond motifs is 1. The highest BCUT2D eigenvalue weighted by Crippen LogP contribution is 2.44. The van der Waals surface area contributed by atoms with Gasteiger partial charge < -0.3 is 30.1 Å². The average molecular weight is 386 g/mol. The molecule has 0 aromatic carbocycles. The summed E-state index contributed by atoms with van der Waals surface area (Å²) in [6.07, 6.45) is 0.270. The van der Waals surface area contributed by atoms with Crippen LogP contribution in [0.1, 0.15) is 20.3 Å². The molecule has 26 heavy (non-hydrogen) atoms. The summed E-state index contributed by atoms with van der Waals surface area (Å²) in [5.74, 6) is 0.266. The highest BCUT2D eigenvalue weighted by Gasteiger charge is 2.50. The number of ether oxygens (including phenoxy) is 1. The summed E-state index contributed by atoms with van der Waals surface area (Å²) in [5.41, 5.74) is 4.43. The third kappa shape index (κ3) is 3.36. The van der Waals surface area contributed by atoms with Gasteiger partial charge in [-0.15, -0.1) is 0 Å². The molecule has 0 bridgehead atoms. The van der Waals surface area contributed by atoms with Gasteiger partial charge in [0.25, 0.3) is 0 Å². The van der Waals surface area contributed by atoms with E-state index in [1.807, 2.05) is 0 Å². The number of aromatic nitrogens is 3. The van der Waals surface area contributed by atoms with Gasteiger partial charge in [0.2, 0.25) is 0 Å². The minimum absolute atomic E-state index is 0.00810. The SMILES string of the molecule is CCP(=O)(O)OC(C)CC1OC[C@@](O)(n2ccc3c(N)ncnc32)[C@@H]1O. The molecule has 3 heterocycles. The van der Waals surface area contributed by atoms with Gasteiger partial charge in [-0.3, -0.25) is 9.13 Å². The van der Waals surface area contributed by atoms with E-state index in [9.17, 15) is 19.7 Å². The van der Waals surface area contributed by atoms with Crippen LogP contribution in [-0.2, 0) is 19.6 Å². The monoisotopic (exact) mass is 386 g/mol. The second-order valence-corrected chi connectivity index (χ2v) is 8.58. The summed E-state index contributed by atoms with van der Waals surface area (Å²) in [5, 5.41) is 22.2. The second-order valence-electron chi connectivity index (χ2n) is 6.46. The van der Waals surface area contributed by atoms with E-state index in [2.05, 4.69) is 9.97 Å². The number of nitrogens with zero attached hydrogens (tertiary/aromatic N) is 3. The Hall–Kier alpha value is -1.55. The minimum atomic E-state index is -3.66. The van der Waals surface area contributed by atoms with Crippen molar-refractivity contribution in [2.24, 2.45) is 0 Å². The maximum Gasteiger partial charge on any atom is 0.328 e. The zero-order valence-corrected chi connectivity index (χ0v) is 15.4. The van der Waals surface area contributed by atoms with Crippen LogP contribution in [0.25, 0.3) is 11.0 Å². The Bertz CT molecular complexity index is 845. The molecule has 11 heteroatoms. The summed E-state index contributed by atoms with van der Waals surface area (Å²) < 4.78 is 23.8. The summed E-state index contributed by atoms with van der Waals surface area (Å²) in [6, 6.07) is 1.65. The van der Waals surface area contributed by atoms with Crippen molar-refractivity contribution in [1.82, 2.24) is 14.5 Å². The average Bonchev–Trinajstić information content (AvgIpc) is 3.13. The highest BCUT2D eigenvalue weighted by atomic mass is 31.2. The smallest absolute Gasteiger partial charge is 0.328 e. The number of rotatable bonds is 6. The van der Waals surface area contributed by atoms with Crippen LogP contribution in [0, 0.1) is 0 Å². The molecule has 10 nitrogen and oxygen atoms in total. The Morgan fingerprint density at radius 1 is 1.58 bits per heavy atom. The number of hydrogen-bond donors (Lipinski definition) is 4. The lowest BCUT2D eigenvalue weighted by atomic mass is 10.0. The standard InChI is InChI=1S/C15H23N4O6P/c1-3-26(22,23)25-9(2)6-11-12(20)15(21,7-24-11)19-5-4-10-13(16)17-8-18-14(10)19/h4-5,8-9,11-12,20-21H,3,6-7H2,1-2H3,(H,22,23)(H2,16,17,18)/t9?,11?,12-,15+/m1/s1. The number of nitrogen functional groups attached to an aromatic ring is 1. The van der Waals surface area contributed by atoms with Crippen LogP contribution < -0.4 is 5.73 Å². The van der Waals surface area contributed by atoms with Crippen LogP contribution in [-0.4, -0.2) is 60.7 Å². The van der Waals surface area contributed by atoms with Gasteiger partial charge in [0.1, 0.15) is 23.9 Å². The molecule has 3 unspecified atom stereocenters. The van der Waals surface area contributed by atoms with E-state index < -0.39 is 31.6 Å². The first-order chi connectivity index (χ1) is 12.2. The Balaban J connectivity index is 1.80. The van der Waals surface area contributed by atoms with Crippen LogP contribution in [0.3, 0.4) is 0 Å². The molecule has 1 saturated heterocycles. The molecule has 3 rings (SSSR count). The molecule has 144 valence electrons. The quantitative estimate of drug-likeness (QED) is 0.517. The number of aliphatic hydroxyl groups excluding tert-OH is 1. The third-order valence-corrected chi connectivity index (χ3v) is 6.06. The predicted octanol–water partition coefficient (Wildman–Crippen LogP) is 0.419. The van der Waals surface area contributed by atoms with Crippen LogP contribution in [0.2, 0.25) is 0 Å². The Morgan fingerprint density at radius 2 is 2.31 bits per heavy atom. The molecule has 5 N–H and O–H groups in total. The summed E-state index contributed by atoms with van der Waals surface area (Å²) in [4.78, 5) is 17.6. The van der Waals surface area contributed by atoms with Gasteiger partial charge in [0, 0.05) is 18.8 Å². The lowest BCUT2D eigenvalue weighted by Crippen LogP contribution is -2.46. The van der Waals surface area contributed by atoms with Gasteiger partial charge in [-0.05, 0) is 13.0 Å². The molecular formula is C15H23N4O6P. The van der Waals surface area contributed by atoms with Crippen LogP contribution in [0.4, 0.5) is 5.82 Å². The number of hydrogen-bond acceptors (Lipinski definition) is 8. The number of anilines is 1. The summed E-state index contributed by atoms with van der Waals surface area (Å²) >= 11 is 0. The second kappa shape index (κ2) is 6.88. The molecule has 2 aromatic heterocycles. The van der Waals surface area contributed by atoms with Gasteiger partial charge in [-0.25, -0.2) is 9.97 Å². The highest BCUT2D eigenvalue weighted by molar-refractivity contribution is 7.52. The van der Waals surface area contributed by atoms with Gasteiger partial charge >= 0.3 is 7.60 Å². The van der Waals surface area contributed by atoms with E-state index in [0.29, 0.717) is 11.0 Å². The van der Waals surface area contributed by atoms with Crippen molar-refractivity contribution in [3.05, 3.63) is 18.6 Å². The van der Waals surface area contributed by atoms with E-state index in [1.165, 1.54) is 10.9 Å². The lowest BCUT2D eigenvalue weighted by molar-refractivity contribution is -0.109. The van der Waals surface area contributed by atoms with Gasteiger partial charge in [0.05, 0.1) is 24.2 Å². The Labute approximate surface area is 150 Å². The topological polar surface area (TPSA) is 153 Å². The third-order valence-electron chi connectivity index (χ3n) is 4.57. The van der Waals surface area contributed by atoms with Crippen molar-refractivity contribution in [3.8, 4) is 0 Å². The fraction of sp³-hybridized carbons (Fsp3) is 0.600. The molecule has 5 atom stereocenters. The van der Waals surface area contributed by atoms with Crippen molar-refractivity contribution in [2.45, 2.75) is 44.3 Å². The maximum absolute atomic E-state index is 11.7. The molecule has 0 radical (unpaired) electrons. The fourth-order valence-corrected chi connectivity index (χ4v) is 3.92. The number of aliphatic hydroxyl groups is 2. The Kier molecular flexibility index (Phi) is 5.08. The molecule has 1 fully saturated rings. The number of nitrogens with two attached hydrogens (primary N) is 1. The summed E-state index contributed by atoms with van der Waals surface area (Å²) in [6.45, 7) is 2.99. The van der Waals surface area contributed by atoms with E-state index in [1.54, 1.807) is 26.1 Å². The fourth-order valence-electron chi connectivity index (χ4n) is 3.12. The molecule has 0 spiro atoms. The van der Waals surface area contributed by atoms with E-state index in [0.717, 1.165) is 0 Å². The molecule has 0 amide bonds. The van der Waals surface area contributed by atoms with Crippen LogP contribution in [0.5, 0.6) is 0 Å². The van der Waals surface area contributed by atoms with Gasteiger partial charge in [-0.2, -0.15) is 0 Å². The first-order valence-electron chi connectivity index (χ1n) is 8.28. The van der Waals surface area contributed by atoms with Crippen molar-refractivity contribution in [3.63, 3.8) is 0 Å². The molecule has 2 aromatic rings. The Morgan fingerprint density at radius 3 is 3.00 bits per heavy atom. The molecule has 1 aliphatic rings. The molecule has 0 saturated carbocycles. The van der Waals surface area contributed by atoms with Crippen molar-refractivity contribution >= 4 is 24.4 Å². The van der Waals surface area contributed by atoms with E-state index >= 15 is 0 Å². The zero-order valence-electron chi connectivity index (χ0n) is 14.5. The van der Waals surface area contributed by atoms with Crippen LogP contribution >= 0.6 is 7.60 Å². The van der Waals surface area contributed by atoms with E-state index in [4.69, 9.17) is 15.0 Å². The minimum Gasteiger partial charge on any atom is -0.385 e. The van der Waals surface area contributed by atoms with Crippen molar-refractivity contribution in [2.75, 3.05) is 18.5 Å². The predicted molar refractivity (Wildman–Crippen MR) is 93.4 cm³/mol. The maximum atomic E-state index is 11.7. The molecule has 0 aliphatic carbocycles. The molecular weight excluding hydrogens is 363 g/mol. The lowest BCUT2D eigenvalue weighted by Gasteiger charge is -2.29. The molecule has 1 aliphatic heterocycles. The largest absolute Gasteiger partial charge is 0.385 e. The van der Waals surface area contributed by atoms with Crippen molar-refractivity contribution in [1.29, 1.82) is 0 Å². The van der Waals surface area contributed by atoms with Gasteiger partial charge in [0.15, 0.2) is 5.72 Å². The van der Waals surface area contributed by atoms with Crippen molar-refractivity contribution < 1.29 is 28.9 Å². The summed E-state index contributed by atoms with van der Waals surface area (Å²) in [7, 11) is -3.66. The van der Waals surface area contributed by atoms with E-state index in [-0.39, 0.29) is 25.0 Å². The first kappa shape index (κ1) is 19.2. The first-order valence-corrected chi connectivity index (χ1v) is 10.0. The van der Waals surface area contributed by atoms with Crippen LogP contribution in [0.15, 0.2) is 18.6 Å². The zero-order chi connectivity index (χ0) is 19.1. The normalized spacial score (nSPS) is 29.7. The van der Waals surface area contributed by atoms with Gasteiger partial charge in [-0.1, -0.05) is 6.92 Å².